The minimum Gasteiger partial charge on any atom is -0.367 e. The summed E-state index contributed by atoms with van der Waals surface area (Å²) in [5.41, 5.74) is 2.73. The van der Waals surface area contributed by atoms with Gasteiger partial charge in [0.05, 0.1) is 11.9 Å². The van der Waals surface area contributed by atoms with Crippen molar-refractivity contribution in [3.05, 3.63) is 58.9 Å². The number of carbonyl (C=O) groups is 1. The summed E-state index contributed by atoms with van der Waals surface area (Å²) in [7, 11) is 0. The molecule has 0 bridgehead atoms. The first kappa shape index (κ1) is 18.7. The first-order chi connectivity index (χ1) is 12.7. The van der Waals surface area contributed by atoms with Crippen LogP contribution in [0.25, 0.3) is 0 Å². The van der Waals surface area contributed by atoms with E-state index in [1.165, 1.54) is 19.3 Å². The zero-order valence-electron chi connectivity index (χ0n) is 15.2. The summed E-state index contributed by atoms with van der Waals surface area (Å²) in [4.78, 5) is 19.1. The summed E-state index contributed by atoms with van der Waals surface area (Å²) >= 11 is 5.88. The van der Waals surface area contributed by atoms with E-state index in [-0.39, 0.29) is 5.91 Å². The molecule has 1 aromatic heterocycles. The van der Waals surface area contributed by atoms with E-state index in [4.69, 9.17) is 11.6 Å². The molecule has 2 heterocycles. The lowest BCUT2D eigenvalue weighted by molar-refractivity contribution is 0.0949. The third kappa shape index (κ3) is 4.76. The Hall–Kier alpha value is -2.07. The molecule has 0 saturated carbocycles. The Bertz CT molecular complexity index is 715. The van der Waals surface area contributed by atoms with Crippen molar-refractivity contribution in [2.45, 2.75) is 45.1 Å². The quantitative estimate of drug-likeness (QED) is 0.814. The summed E-state index contributed by atoms with van der Waals surface area (Å²) in [5, 5.41) is 3.66. The summed E-state index contributed by atoms with van der Waals surface area (Å²) in [6.45, 7) is 3.89. The van der Waals surface area contributed by atoms with Gasteiger partial charge in [-0.05, 0) is 61.9 Å². The highest BCUT2D eigenvalue weighted by Gasteiger charge is 2.21. The maximum atomic E-state index is 12.3. The summed E-state index contributed by atoms with van der Waals surface area (Å²) in [6.07, 6.45) is 7.52. The highest BCUT2D eigenvalue weighted by Crippen LogP contribution is 2.25. The molecule has 1 saturated heterocycles. The van der Waals surface area contributed by atoms with Gasteiger partial charge >= 0.3 is 0 Å². The number of piperidine rings is 1. The van der Waals surface area contributed by atoms with E-state index in [0.29, 0.717) is 18.3 Å². The van der Waals surface area contributed by atoms with Crippen molar-refractivity contribution in [2.24, 2.45) is 0 Å². The van der Waals surface area contributed by atoms with E-state index < -0.39 is 0 Å². The molecule has 1 fully saturated rings. The molecule has 26 heavy (non-hydrogen) atoms. The molecule has 1 amide bonds. The smallest absolute Gasteiger partial charge is 0.269 e. The van der Waals surface area contributed by atoms with Gasteiger partial charge in [-0.15, -0.1) is 0 Å². The van der Waals surface area contributed by atoms with Crippen LogP contribution in [-0.2, 0) is 6.42 Å². The van der Waals surface area contributed by atoms with Gasteiger partial charge in [-0.25, -0.2) is 4.98 Å². The largest absolute Gasteiger partial charge is 0.367 e. The number of benzene rings is 1. The van der Waals surface area contributed by atoms with Gasteiger partial charge in [0.15, 0.2) is 0 Å². The molecule has 1 N–H and O–H groups in total. The number of nitrogens with zero attached hydrogens (tertiary/aromatic N) is 2. The number of aromatic nitrogens is 1. The first-order valence-corrected chi connectivity index (χ1v) is 9.80. The maximum absolute atomic E-state index is 12.3. The fourth-order valence-corrected chi connectivity index (χ4v) is 3.64. The number of hydrogen-bond donors (Lipinski definition) is 1. The van der Waals surface area contributed by atoms with E-state index in [0.717, 1.165) is 35.7 Å². The van der Waals surface area contributed by atoms with Crippen molar-refractivity contribution < 1.29 is 4.79 Å². The number of carbonyl (C=O) groups excluding carboxylic acids is 1. The zero-order valence-corrected chi connectivity index (χ0v) is 16.0. The number of hydrogen-bond acceptors (Lipinski definition) is 3. The van der Waals surface area contributed by atoms with Gasteiger partial charge < -0.3 is 10.2 Å². The summed E-state index contributed by atoms with van der Waals surface area (Å²) in [5.74, 6) is -0.129. The first-order valence-electron chi connectivity index (χ1n) is 9.42. The van der Waals surface area contributed by atoms with Gasteiger partial charge in [0.2, 0.25) is 0 Å². The highest BCUT2D eigenvalue weighted by atomic mass is 35.5. The molecule has 1 aromatic carbocycles. The fraction of sp³-hybridized carbons (Fsp3) is 0.429. The number of anilines is 1. The Morgan fingerprint density at radius 1 is 1.23 bits per heavy atom. The van der Waals surface area contributed by atoms with Gasteiger partial charge in [-0.3, -0.25) is 4.79 Å². The molecule has 3 rings (SSSR count). The van der Waals surface area contributed by atoms with Crippen molar-refractivity contribution in [1.29, 1.82) is 0 Å². The number of amides is 1. The molecule has 0 radical (unpaired) electrons. The van der Waals surface area contributed by atoms with Crippen LogP contribution in [0.3, 0.4) is 0 Å². The molecule has 2 aromatic rings. The minimum atomic E-state index is -0.129. The van der Waals surface area contributed by atoms with Crippen LogP contribution in [0.1, 0.15) is 48.7 Å². The molecule has 5 heteroatoms. The molecule has 138 valence electrons. The summed E-state index contributed by atoms with van der Waals surface area (Å²) < 4.78 is 0. The zero-order chi connectivity index (χ0) is 18.4. The monoisotopic (exact) mass is 371 g/mol. The predicted molar refractivity (Wildman–Crippen MR) is 107 cm³/mol. The topological polar surface area (TPSA) is 45.2 Å². The number of halogens is 1. The lowest BCUT2D eigenvalue weighted by Crippen LogP contribution is -2.39. The molecule has 1 unspecified atom stereocenters. The second kappa shape index (κ2) is 9.04. The number of rotatable bonds is 6. The van der Waals surface area contributed by atoms with Crippen LogP contribution < -0.4 is 10.2 Å². The van der Waals surface area contributed by atoms with E-state index in [1.54, 1.807) is 0 Å². The van der Waals surface area contributed by atoms with E-state index in [9.17, 15) is 4.79 Å². The van der Waals surface area contributed by atoms with Crippen LogP contribution >= 0.6 is 11.6 Å². The van der Waals surface area contributed by atoms with E-state index >= 15 is 0 Å². The summed E-state index contributed by atoms with van der Waals surface area (Å²) in [6, 6.07) is 12.1. The normalized spacial score (nSPS) is 17.2. The highest BCUT2D eigenvalue weighted by molar-refractivity contribution is 6.30. The predicted octanol–water partition coefficient (Wildman–Crippen LogP) is 4.48. The molecular formula is C21H26ClN3O. The molecule has 1 aliphatic heterocycles. The van der Waals surface area contributed by atoms with Crippen LogP contribution in [-0.4, -0.2) is 30.0 Å². The van der Waals surface area contributed by atoms with Crippen molar-refractivity contribution in [3.8, 4) is 0 Å². The second-order valence-corrected chi connectivity index (χ2v) is 7.22. The SMILES string of the molecule is CCC1CCCCN1c1ccc(C(=O)NCCc2ccc(Cl)cc2)nc1. The van der Waals surface area contributed by atoms with Gasteiger partial charge in [0.25, 0.3) is 5.91 Å². The average molecular weight is 372 g/mol. The van der Waals surface area contributed by atoms with Gasteiger partial charge in [0, 0.05) is 24.2 Å². The third-order valence-corrected chi connectivity index (χ3v) is 5.28. The Morgan fingerprint density at radius 2 is 2.04 bits per heavy atom. The van der Waals surface area contributed by atoms with E-state index in [1.807, 2.05) is 42.6 Å². The van der Waals surface area contributed by atoms with Crippen molar-refractivity contribution in [3.63, 3.8) is 0 Å². The van der Waals surface area contributed by atoms with Crippen LogP contribution in [0.15, 0.2) is 42.6 Å². The molecule has 0 spiro atoms. The minimum absolute atomic E-state index is 0.129. The average Bonchev–Trinajstić information content (AvgIpc) is 2.69. The molecule has 1 atom stereocenters. The Balaban J connectivity index is 1.54. The lowest BCUT2D eigenvalue weighted by Gasteiger charge is -2.37. The molecule has 1 aliphatic rings. The molecule has 0 aliphatic carbocycles. The van der Waals surface area contributed by atoms with Crippen molar-refractivity contribution in [2.75, 3.05) is 18.0 Å². The standard InChI is InChI=1S/C21H26ClN3O/c1-2-18-5-3-4-14-25(18)19-10-11-20(24-15-19)21(26)23-13-12-16-6-8-17(22)9-7-16/h6-11,15,18H,2-5,12-14H2,1H3,(H,23,26). The number of nitrogens with one attached hydrogen (secondary N) is 1. The maximum Gasteiger partial charge on any atom is 0.269 e. The number of pyridine rings is 1. The molecular weight excluding hydrogens is 346 g/mol. The third-order valence-electron chi connectivity index (χ3n) is 5.02. The lowest BCUT2D eigenvalue weighted by atomic mass is 9.99. The second-order valence-electron chi connectivity index (χ2n) is 6.79. The van der Waals surface area contributed by atoms with Crippen LogP contribution in [0, 0.1) is 0 Å². The van der Waals surface area contributed by atoms with Crippen LogP contribution in [0.2, 0.25) is 5.02 Å². The van der Waals surface area contributed by atoms with Gasteiger partial charge in [0.1, 0.15) is 5.69 Å². The Kier molecular flexibility index (Phi) is 6.51. The van der Waals surface area contributed by atoms with E-state index in [2.05, 4.69) is 22.1 Å². The Labute approximate surface area is 160 Å². The van der Waals surface area contributed by atoms with Crippen molar-refractivity contribution >= 4 is 23.2 Å². The van der Waals surface area contributed by atoms with Gasteiger partial charge in [-0.2, -0.15) is 0 Å². The fourth-order valence-electron chi connectivity index (χ4n) is 3.52. The van der Waals surface area contributed by atoms with Gasteiger partial charge in [-0.1, -0.05) is 30.7 Å². The molecule has 4 nitrogen and oxygen atoms in total. The van der Waals surface area contributed by atoms with Crippen LogP contribution in [0.4, 0.5) is 5.69 Å². The van der Waals surface area contributed by atoms with Crippen LogP contribution in [0.5, 0.6) is 0 Å². The van der Waals surface area contributed by atoms with Crippen molar-refractivity contribution in [1.82, 2.24) is 10.3 Å². The Morgan fingerprint density at radius 3 is 2.73 bits per heavy atom.